The lowest BCUT2D eigenvalue weighted by Crippen LogP contribution is -2.35. The average Bonchev–Trinajstić information content (AvgIpc) is 2.96. The molecule has 0 atom stereocenters. The van der Waals surface area contributed by atoms with E-state index in [-0.39, 0.29) is 16.8 Å². The molecule has 3 rings (SSSR count). The number of fused-ring (bicyclic) bond motifs is 1. The van der Waals surface area contributed by atoms with Crippen LogP contribution in [0.2, 0.25) is 0 Å². The third-order valence-electron chi connectivity index (χ3n) is 2.97. The van der Waals surface area contributed by atoms with Gasteiger partial charge in [-0.1, -0.05) is 24.3 Å². The zero-order valence-corrected chi connectivity index (χ0v) is 10.7. The van der Waals surface area contributed by atoms with Crippen LogP contribution in [0.25, 0.3) is 11.0 Å². The number of para-hydroxylation sites is 1. The lowest BCUT2D eigenvalue weighted by molar-refractivity contribution is 0.0737. The Morgan fingerprint density at radius 2 is 1.90 bits per heavy atom. The Morgan fingerprint density at radius 3 is 2.71 bits per heavy atom. The van der Waals surface area contributed by atoms with E-state index in [1.54, 1.807) is 30.3 Å². The number of ether oxygens (including phenoxy) is 1. The smallest absolute Gasteiger partial charge is 0.423 e. The first-order valence-corrected chi connectivity index (χ1v) is 6.13. The quantitative estimate of drug-likeness (QED) is 0.350. The maximum Gasteiger partial charge on any atom is 0.489 e. The van der Waals surface area contributed by atoms with Gasteiger partial charge < -0.3 is 14.8 Å². The maximum atomic E-state index is 12.2. The number of benzene rings is 2. The molecule has 0 bridgehead atoms. The Hall–Kier alpha value is -2.71. The highest BCUT2D eigenvalue weighted by Crippen LogP contribution is 2.22. The van der Waals surface area contributed by atoms with Gasteiger partial charge in [0.25, 0.3) is 0 Å². The minimum atomic E-state index is -1.75. The molecule has 0 saturated heterocycles. The number of hydrogen-bond donors (Lipinski definition) is 3. The van der Waals surface area contributed by atoms with Crippen LogP contribution in [0.4, 0.5) is 0 Å². The fourth-order valence-electron chi connectivity index (χ4n) is 1.99. The van der Waals surface area contributed by atoms with Crippen LogP contribution < -0.4 is 10.2 Å². The SMILES string of the molecule is O=C(Oc1cccc2n[nH]nc12)c1ccccc1B(O)O. The van der Waals surface area contributed by atoms with Gasteiger partial charge in [0, 0.05) is 0 Å². The van der Waals surface area contributed by atoms with Gasteiger partial charge in [0.1, 0.15) is 5.52 Å². The van der Waals surface area contributed by atoms with Crippen molar-refractivity contribution in [3.63, 3.8) is 0 Å². The predicted octanol–water partition coefficient (Wildman–Crippen LogP) is -0.143. The second-order valence-corrected chi connectivity index (χ2v) is 4.30. The highest BCUT2D eigenvalue weighted by Gasteiger charge is 2.22. The lowest BCUT2D eigenvalue weighted by atomic mass is 9.77. The summed E-state index contributed by atoms with van der Waals surface area (Å²) in [4.78, 5) is 12.2. The summed E-state index contributed by atoms with van der Waals surface area (Å²) in [6, 6.07) is 11.1. The van der Waals surface area contributed by atoms with Gasteiger partial charge in [-0.15, -0.1) is 0 Å². The first-order valence-electron chi connectivity index (χ1n) is 6.13. The highest BCUT2D eigenvalue weighted by atomic mass is 16.5. The third kappa shape index (κ3) is 2.49. The lowest BCUT2D eigenvalue weighted by Gasteiger charge is -2.08. The van der Waals surface area contributed by atoms with Gasteiger partial charge in [0.15, 0.2) is 11.3 Å². The molecule has 3 aromatic rings. The van der Waals surface area contributed by atoms with E-state index in [2.05, 4.69) is 15.4 Å². The molecule has 0 amide bonds. The molecule has 8 heteroatoms. The molecule has 0 aliphatic heterocycles. The zero-order valence-electron chi connectivity index (χ0n) is 10.7. The van der Waals surface area contributed by atoms with Gasteiger partial charge in [-0.25, -0.2) is 4.79 Å². The molecule has 2 aromatic carbocycles. The zero-order chi connectivity index (χ0) is 14.8. The Labute approximate surface area is 119 Å². The molecule has 0 fully saturated rings. The standard InChI is InChI=1S/C13H10BN3O4/c18-13(8-4-1-2-5-9(8)14(19)20)21-11-7-3-6-10-12(11)16-17-15-10/h1-7,19-20H,(H,15,16,17). The van der Waals surface area contributed by atoms with Crippen molar-refractivity contribution in [3.8, 4) is 5.75 Å². The Kier molecular flexibility index (Phi) is 3.39. The number of rotatable bonds is 3. The van der Waals surface area contributed by atoms with E-state index in [0.717, 1.165) is 0 Å². The largest absolute Gasteiger partial charge is 0.489 e. The van der Waals surface area contributed by atoms with Crippen LogP contribution in [-0.2, 0) is 0 Å². The summed E-state index contributed by atoms with van der Waals surface area (Å²) < 4.78 is 5.28. The van der Waals surface area contributed by atoms with Crippen LogP contribution in [0.5, 0.6) is 5.75 Å². The fourth-order valence-corrected chi connectivity index (χ4v) is 1.99. The number of H-pyrrole nitrogens is 1. The molecular formula is C13H10BN3O4. The second-order valence-electron chi connectivity index (χ2n) is 4.30. The van der Waals surface area contributed by atoms with E-state index in [4.69, 9.17) is 4.74 Å². The normalized spacial score (nSPS) is 10.6. The summed E-state index contributed by atoms with van der Waals surface area (Å²) >= 11 is 0. The molecule has 0 aliphatic carbocycles. The first kappa shape index (κ1) is 13.3. The van der Waals surface area contributed by atoms with Crippen LogP contribution in [0.1, 0.15) is 10.4 Å². The summed E-state index contributed by atoms with van der Waals surface area (Å²) in [5.74, 6) is -0.456. The van der Waals surface area contributed by atoms with Crippen molar-refractivity contribution in [2.45, 2.75) is 0 Å². The molecular weight excluding hydrogens is 273 g/mol. The maximum absolute atomic E-state index is 12.2. The topological polar surface area (TPSA) is 108 Å². The van der Waals surface area contributed by atoms with Gasteiger partial charge in [-0.2, -0.15) is 15.4 Å². The Bertz CT molecular complexity index is 803. The number of carbonyl (C=O) groups excluding carboxylic acids is 1. The fraction of sp³-hybridized carbons (Fsp3) is 0. The molecule has 0 aliphatic rings. The van der Waals surface area contributed by atoms with Crippen LogP contribution in [0.3, 0.4) is 0 Å². The molecule has 21 heavy (non-hydrogen) atoms. The molecule has 104 valence electrons. The van der Waals surface area contributed by atoms with Gasteiger partial charge in [0.2, 0.25) is 0 Å². The average molecular weight is 283 g/mol. The number of aromatic nitrogens is 3. The summed E-state index contributed by atoms with van der Waals surface area (Å²) in [7, 11) is -1.75. The first-order chi connectivity index (χ1) is 10.2. The van der Waals surface area contributed by atoms with Gasteiger partial charge in [-0.3, -0.25) is 0 Å². The number of esters is 1. The van der Waals surface area contributed by atoms with Crippen LogP contribution >= 0.6 is 0 Å². The van der Waals surface area contributed by atoms with Crippen molar-refractivity contribution in [3.05, 3.63) is 48.0 Å². The molecule has 7 nitrogen and oxygen atoms in total. The van der Waals surface area contributed by atoms with E-state index in [1.807, 2.05) is 0 Å². The van der Waals surface area contributed by atoms with E-state index >= 15 is 0 Å². The van der Waals surface area contributed by atoms with Crippen molar-refractivity contribution < 1.29 is 19.6 Å². The number of aromatic amines is 1. The van der Waals surface area contributed by atoms with E-state index in [1.165, 1.54) is 12.1 Å². The molecule has 0 radical (unpaired) electrons. The molecule has 0 saturated carbocycles. The van der Waals surface area contributed by atoms with E-state index < -0.39 is 13.1 Å². The van der Waals surface area contributed by atoms with Crippen molar-refractivity contribution >= 4 is 29.6 Å². The summed E-state index contributed by atoms with van der Waals surface area (Å²) in [6.45, 7) is 0. The van der Waals surface area contributed by atoms with Crippen LogP contribution in [0.15, 0.2) is 42.5 Å². The van der Waals surface area contributed by atoms with Gasteiger partial charge in [0.05, 0.1) is 5.56 Å². The van der Waals surface area contributed by atoms with Crippen LogP contribution in [0, 0.1) is 0 Å². The Balaban J connectivity index is 1.95. The number of nitrogens with one attached hydrogen (secondary N) is 1. The van der Waals surface area contributed by atoms with Crippen molar-refractivity contribution in [1.29, 1.82) is 0 Å². The highest BCUT2D eigenvalue weighted by molar-refractivity contribution is 6.60. The molecule has 0 spiro atoms. The van der Waals surface area contributed by atoms with Gasteiger partial charge in [-0.05, 0) is 23.7 Å². The number of carbonyl (C=O) groups is 1. The molecule has 1 aromatic heterocycles. The predicted molar refractivity (Wildman–Crippen MR) is 75.1 cm³/mol. The minimum Gasteiger partial charge on any atom is -0.423 e. The molecule has 3 N–H and O–H groups in total. The number of nitrogens with zero attached hydrogens (tertiary/aromatic N) is 2. The van der Waals surface area contributed by atoms with E-state index in [9.17, 15) is 14.8 Å². The number of hydrogen-bond acceptors (Lipinski definition) is 6. The monoisotopic (exact) mass is 283 g/mol. The van der Waals surface area contributed by atoms with E-state index in [0.29, 0.717) is 11.0 Å². The van der Waals surface area contributed by atoms with Crippen molar-refractivity contribution in [1.82, 2.24) is 15.4 Å². The summed E-state index contributed by atoms with van der Waals surface area (Å²) in [5, 5.41) is 28.8. The van der Waals surface area contributed by atoms with Gasteiger partial charge >= 0.3 is 13.1 Å². The summed E-state index contributed by atoms with van der Waals surface area (Å²) in [6.07, 6.45) is 0. The summed E-state index contributed by atoms with van der Waals surface area (Å²) in [5.41, 5.74) is 1.14. The van der Waals surface area contributed by atoms with Crippen molar-refractivity contribution in [2.75, 3.05) is 0 Å². The third-order valence-corrected chi connectivity index (χ3v) is 2.97. The Morgan fingerprint density at radius 1 is 1.10 bits per heavy atom. The molecule has 0 unspecified atom stereocenters. The second kappa shape index (κ2) is 5.35. The van der Waals surface area contributed by atoms with Crippen molar-refractivity contribution in [2.24, 2.45) is 0 Å². The molecule has 1 heterocycles. The van der Waals surface area contributed by atoms with Crippen LogP contribution in [-0.4, -0.2) is 38.5 Å². The minimum absolute atomic E-state index is 0.0768.